The van der Waals surface area contributed by atoms with Gasteiger partial charge < -0.3 is 14.7 Å². The number of piperidine rings is 1. The first-order valence-electron chi connectivity index (χ1n) is 8.58. The van der Waals surface area contributed by atoms with Crippen LogP contribution in [0, 0.1) is 5.82 Å². The molecule has 0 aliphatic carbocycles. The van der Waals surface area contributed by atoms with Gasteiger partial charge in [-0.1, -0.05) is 18.6 Å². The standard InChI is InChI=1S/C18H27FN2O3/c1-20(11-13-24-17-8-3-2-7-16(17)19)18(23)14-21-10-5-4-6-15(21)9-12-22/h2-3,7-8,15,22H,4-6,9-14H2,1H3. The second-order valence-corrected chi connectivity index (χ2v) is 6.23. The van der Waals surface area contributed by atoms with Crippen molar-refractivity contribution < 1.29 is 19.0 Å². The molecule has 0 saturated carbocycles. The van der Waals surface area contributed by atoms with Crippen LogP contribution in [0.15, 0.2) is 24.3 Å². The minimum absolute atomic E-state index is 0.0250. The van der Waals surface area contributed by atoms with Crippen molar-refractivity contribution in [1.29, 1.82) is 0 Å². The van der Waals surface area contributed by atoms with E-state index in [9.17, 15) is 9.18 Å². The summed E-state index contributed by atoms with van der Waals surface area (Å²) in [6, 6.07) is 6.53. The van der Waals surface area contributed by atoms with E-state index in [0.29, 0.717) is 19.5 Å². The van der Waals surface area contributed by atoms with Crippen LogP contribution in [-0.2, 0) is 4.79 Å². The molecule has 1 aliphatic heterocycles. The Hall–Kier alpha value is -1.66. The van der Waals surface area contributed by atoms with Gasteiger partial charge in [0, 0.05) is 19.7 Å². The quantitative estimate of drug-likeness (QED) is 0.787. The maximum absolute atomic E-state index is 13.5. The molecule has 0 radical (unpaired) electrons. The monoisotopic (exact) mass is 338 g/mol. The Kier molecular flexibility index (Phi) is 7.46. The van der Waals surface area contributed by atoms with Crippen LogP contribution in [0.3, 0.4) is 0 Å². The minimum atomic E-state index is -0.397. The summed E-state index contributed by atoms with van der Waals surface area (Å²) in [5.74, 6) is -0.166. The van der Waals surface area contributed by atoms with Gasteiger partial charge >= 0.3 is 0 Å². The van der Waals surface area contributed by atoms with Crippen LogP contribution in [0.5, 0.6) is 5.75 Å². The predicted molar refractivity (Wildman–Crippen MR) is 90.4 cm³/mol. The number of aliphatic hydroxyl groups is 1. The van der Waals surface area contributed by atoms with E-state index in [-0.39, 0.29) is 30.9 Å². The maximum atomic E-state index is 13.5. The van der Waals surface area contributed by atoms with Crippen molar-refractivity contribution >= 4 is 5.91 Å². The molecule has 1 saturated heterocycles. The molecule has 1 unspecified atom stereocenters. The van der Waals surface area contributed by atoms with E-state index in [4.69, 9.17) is 9.84 Å². The fraction of sp³-hybridized carbons (Fsp3) is 0.611. The van der Waals surface area contributed by atoms with Crippen LogP contribution in [0.2, 0.25) is 0 Å². The highest BCUT2D eigenvalue weighted by Crippen LogP contribution is 2.19. The lowest BCUT2D eigenvalue weighted by atomic mass is 9.99. The molecule has 5 nitrogen and oxygen atoms in total. The molecule has 1 fully saturated rings. The van der Waals surface area contributed by atoms with Crippen LogP contribution in [-0.4, -0.2) is 66.8 Å². The highest BCUT2D eigenvalue weighted by Gasteiger charge is 2.24. The van der Waals surface area contributed by atoms with Gasteiger partial charge in [0.25, 0.3) is 0 Å². The Bertz CT molecular complexity index is 525. The van der Waals surface area contributed by atoms with Gasteiger partial charge in [0.1, 0.15) is 6.61 Å². The first-order valence-corrected chi connectivity index (χ1v) is 8.58. The summed E-state index contributed by atoms with van der Waals surface area (Å²) in [5.41, 5.74) is 0. The summed E-state index contributed by atoms with van der Waals surface area (Å²) in [6.07, 6.45) is 4.00. The number of amides is 1. The molecular formula is C18H27FN2O3. The highest BCUT2D eigenvalue weighted by atomic mass is 19.1. The van der Waals surface area contributed by atoms with Crippen LogP contribution in [0.25, 0.3) is 0 Å². The molecule has 0 spiro atoms. The van der Waals surface area contributed by atoms with E-state index in [0.717, 1.165) is 25.8 Å². The summed E-state index contributed by atoms with van der Waals surface area (Å²) < 4.78 is 18.9. The molecule has 6 heteroatoms. The summed E-state index contributed by atoms with van der Waals surface area (Å²) >= 11 is 0. The number of hydrogen-bond acceptors (Lipinski definition) is 4. The van der Waals surface area contributed by atoms with E-state index in [1.807, 2.05) is 0 Å². The highest BCUT2D eigenvalue weighted by molar-refractivity contribution is 5.78. The molecule has 2 rings (SSSR count). The number of halogens is 1. The first kappa shape index (κ1) is 18.7. The fourth-order valence-electron chi connectivity index (χ4n) is 3.02. The zero-order chi connectivity index (χ0) is 17.4. The molecule has 0 aromatic heterocycles. The number of benzene rings is 1. The maximum Gasteiger partial charge on any atom is 0.236 e. The Balaban J connectivity index is 1.76. The lowest BCUT2D eigenvalue weighted by Crippen LogP contribution is -2.46. The van der Waals surface area contributed by atoms with Crippen LogP contribution >= 0.6 is 0 Å². The molecule has 1 aromatic carbocycles. The number of ether oxygens (including phenoxy) is 1. The number of carbonyl (C=O) groups is 1. The van der Waals surface area contributed by atoms with Gasteiger partial charge in [-0.05, 0) is 37.9 Å². The Morgan fingerprint density at radius 3 is 2.96 bits per heavy atom. The van der Waals surface area contributed by atoms with Crippen molar-refractivity contribution in [3.8, 4) is 5.75 Å². The summed E-state index contributed by atoms with van der Waals surface area (Å²) in [4.78, 5) is 16.1. The lowest BCUT2D eigenvalue weighted by molar-refractivity contribution is -0.132. The van der Waals surface area contributed by atoms with Gasteiger partial charge in [0.05, 0.1) is 13.1 Å². The fourth-order valence-corrected chi connectivity index (χ4v) is 3.02. The van der Waals surface area contributed by atoms with Gasteiger partial charge in [0.15, 0.2) is 11.6 Å². The smallest absolute Gasteiger partial charge is 0.236 e. The number of nitrogens with zero attached hydrogens (tertiary/aromatic N) is 2. The molecule has 1 aromatic rings. The molecule has 1 amide bonds. The number of likely N-dealkylation sites (N-methyl/N-ethyl adjacent to an activating group) is 1. The number of rotatable bonds is 8. The number of para-hydroxylation sites is 1. The van der Waals surface area contributed by atoms with E-state index in [1.54, 1.807) is 30.1 Å². The van der Waals surface area contributed by atoms with Crippen molar-refractivity contribution in [3.05, 3.63) is 30.1 Å². The zero-order valence-electron chi connectivity index (χ0n) is 14.3. The number of likely N-dealkylation sites (tertiary alicyclic amines) is 1. The van der Waals surface area contributed by atoms with Gasteiger partial charge in [-0.25, -0.2) is 4.39 Å². The third kappa shape index (κ3) is 5.46. The Morgan fingerprint density at radius 1 is 1.42 bits per heavy atom. The van der Waals surface area contributed by atoms with Crippen LogP contribution in [0.1, 0.15) is 25.7 Å². The lowest BCUT2D eigenvalue weighted by Gasteiger charge is -2.35. The summed E-state index contributed by atoms with van der Waals surface area (Å²) in [6.45, 7) is 2.08. The first-order chi connectivity index (χ1) is 11.6. The summed E-state index contributed by atoms with van der Waals surface area (Å²) in [5, 5.41) is 9.16. The van der Waals surface area contributed by atoms with E-state index >= 15 is 0 Å². The molecule has 1 N–H and O–H groups in total. The second kappa shape index (κ2) is 9.59. The Labute approximate surface area is 143 Å². The van der Waals surface area contributed by atoms with Crippen molar-refractivity contribution in [2.45, 2.75) is 31.7 Å². The van der Waals surface area contributed by atoms with Gasteiger partial charge in [-0.3, -0.25) is 9.69 Å². The third-order valence-electron chi connectivity index (χ3n) is 4.50. The predicted octanol–water partition coefficient (Wildman–Crippen LogP) is 1.90. The number of hydrogen-bond donors (Lipinski definition) is 1. The van der Waals surface area contributed by atoms with E-state index in [2.05, 4.69) is 4.90 Å². The van der Waals surface area contributed by atoms with Crippen molar-refractivity contribution in [1.82, 2.24) is 9.80 Å². The minimum Gasteiger partial charge on any atom is -0.489 e. The normalized spacial score (nSPS) is 18.4. The van der Waals surface area contributed by atoms with Gasteiger partial charge in [-0.2, -0.15) is 0 Å². The van der Waals surface area contributed by atoms with Gasteiger partial charge in [-0.15, -0.1) is 0 Å². The van der Waals surface area contributed by atoms with Crippen LogP contribution < -0.4 is 4.74 Å². The molecular weight excluding hydrogens is 311 g/mol. The average Bonchev–Trinajstić information content (AvgIpc) is 2.58. The SMILES string of the molecule is CN(CCOc1ccccc1F)C(=O)CN1CCCCC1CCO. The third-order valence-corrected chi connectivity index (χ3v) is 4.50. The number of carbonyl (C=O) groups excluding carboxylic acids is 1. The largest absolute Gasteiger partial charge is 0.489 e. The van der Waals surface area contributed by atoms with Crippen molar-refractivity contribution in [2.75, 3.05) is 39.9 Å². The Morgan fingerprint density at radius 2 is 2.21 bits per heavy atom. The second-order valence-electron chi connectivity index (χ2n) is 6.23. The van der Waals surface area contributed by atoms with Gasteiger partial charge in [0.2, 0.25) is 5.91 Å². The molecule has 1 aliphatic rings. The average molecular weight is 338 g/mol. The van der Waals surface area contributed by atoms with E-state index < -0.39 is 5.82 Å². The zero-order valence-corrected chi connectivity index (χ0v) is 14.3. The van der Waals surface area contributed by atoms with Crippen molar-refractivity contribution in [2.24, 2.45) is 0 Å². The van der Waals surface area contributed by atoms with Crippen LogP contribution in [0.4, 0.5) is 4.39 Å². The molecule has 0 bridgehead atoms. The summed E-state index contributed by atoms with van der Waals surface area (Å²) in [7, 11) is 1.73. The van der Waals surface area contributed by atoms with Crippen molar-refractivity contribution in [3.63, 3.8) is 0 Å². The number of aliphatic hydroxyl groups excluding tert-OH is 1. The molecule has 1 heterocycles. The molecule has 24 heavy (non-hydrogen) atoms. The van der Waals surface area contributed by atoms with E-state index in [1.165, 1.54) is 6.07 Å². The molecule has 1 atom stereocenters. The molecule has 134 valence electrons. The topological polar surface area (TPSA) is 53.0 Å².